The summed E-state index contributed by atoms with van der Waals surface area (Å²) in [5.74, 6) is -0.286. The molecule has 0 aliphatic carbocycles. The number of hydrogen-bond acceptors (Lipinski definition) is 4. The second kappa shape index (κ2) is 6.58. The molecule has 2 atom stereocenters. The molecule has 7 heteroatoms. The number of piperidine rings is 1. The number of amides is 1. The summed E-state index contributed by atoms with van der Waals surface area (Å²) in [5, 5.41) is 6.73. The zero-order valence-electron chi connectivity index (χ0n) is 11.1. The van der Waals surface area contributed by atoms with E-state index in [-0.39, 0.29) is 5.91 Å². The van der Waals surface area contributed by atoms with E-state index < -0.39 is 5.54 Å². The largest absolute Gasteiger partial charge is 0.368 e. The van der Waals surface area contributed by atoms with Gasteiger partial charge in [0.1, 0.15) is 5.54 Å². The Hall–Kier alpha value is -1.30. The Kier molecular flexibility index (Phi) is 5.40. The van der Waals surface area contributed by atoms with Gasteiger partial charge in [-0.2, -0.15) is 0 Å². The topological polar surface area (TPSA) is 107 Å². The van der Waals surface area contributed by atoms with E-state index in [4.69, 9.17) is 11.3 Å². The van der Waals surface area contributed by atoms with E-state index >= 15 is 0 Å². The Bertz CT molecular complexity index is 340. The van der Waals surface area contributed by atoms with Gasteiger partial charge in [-0.15, -0.1) is 0 Å². The lowest BCUT2D eigenvalue weighted by atomic mass is 9.83. The van der Waals surface area contributed by atoms with Crippen LogP contribution in [0.5, 0.6) is 0 Å². The van der Waals surface area contributed by atoms with Crippen LogP contribution in [0.2, 0.25) is 0 Å². The van der Waals surface area contributed by atoms with Gasteiger partial charge in [-0.25, -0.2) is 0 Å². The number of nitrogens with two attached hydrogens (primary N) is 1. The van der Waals surface area contributed by atoms with Crippen molar-refractivity contribution in [3.8, 4) is 0 Å². The predicted molar refractivity (Wildman–Crippen MR) is 69.9 cm³/mol. The zero-order chi connectivity index (χ0) is 13.6. The van der Waals surface area contributed by atoms with Gasteiger partial charge in [-0.1, -0.05) is 5.11 Å². The third kappa shape index (κ3) is 3.60. The Morgan fingerprint density at radius 1 is 1.72 bits per heavy atom. The third-order valence-corrected chi connectivity index (χ3v) is 3.72. The van der Waals surface area contributed by atoms with Gasteiger partial charge in [0.05, 0.1) is 0 Å². The van der Waals surface area contributed by atoms with Crippen molar-refractivity contribution in [1.29, 1.82) is 0 Å². The van der Waals surface area contributed by atoms with Gasteiger partial charge < -0.3 is 16.0 Å². The van der Waals surface area contributed by atoms with Gasteiger partial charge in [-0.05, 0) is 45.3 Å². The van der Waals surface area contributed by atoms with Crippen molar-refractivity contribution in [3.05, 3.63) is 10.4 Å². The number of nitrogens with zero attached hydrogens (tertiary/aromatic N) is 4. The van der Waals surface area contributed by atoms with Crippen LogP contribution >= 0.6 is 0 Å². The van der Waals surface area contributed by atoms with E-state index in [1.807, 2.05) is 0 Å². The summed E-state index contributed by atoms with van der Waals surface area (Å²) in [5.41, 5.74) is 13.1. The molecule has 1 rings (SSSR count). The van der Waals surface area contributed by atoms with Gasteiger partial charge >= 0.3 is 0 Å². The molecule has 0 bridgehead atoms. The summed E-state index contributed by atoms with van der Waals surface area (Å²) >= 11 is 0. The summed E-state index contributed by atoms with van der Waals surface area (Å²) < 4.78 is 0. The second-order valence-corrected chi connectivity index (χ2v) is 4.96. The molecule has 7 nitrogen and oxygen atoms in total. The number of primary amides is 1. The molecule has 0 aromatic carbocycles. The summed E-state index contributed by atoms with van der Waals surface area (Å²) in [6.45, 7) is 4.03. The van der Waals surface area contributed by atoms with E-state index in [2.05, 4.69) is 34.2 Å². The minimum absolute atomic E-state index is 0.286. The Morgan fingerprint density at radius 3 is 3.00 bits per heavy atom. The summed E-state index contributed by atoms with van der Waals surface area (Å²) in [4.78, 5) is 16.6. The van der Waals surface area contributed by atoms with E-state index in [1.54, 1.807) is 0 Å². The lowest BCUT2D eigenvalue weighted by Gasteiger charge is -2.43. The number of likely N-dealkylation sites (tertiary alicyclic amines) is 1. The predicted octanol–water partition coefficient (Wildman–Crippen LogP) is 0.615. The first-order valence-corrected chi connectivity index (χ1v) is 6.28. The summed E-state index contributed by atoms with van der Waals surface area (Å²) in [7, 11) is 2.05. The number of carbonyl (C=O) groups is 1. The number of rotatable bonds is 6. The highest BCUT2D eigenvalue weighted by atomic mass is 16.1. The van der Waals surface area contributed by atoms with Gasteiger partial charge in [-0.3, -0.25) is 4.79 Å². The van der Waals surface area contributed by atoms with Crippen molar-refractivity contribution in [3.63, 3.8) is 0 Å². The van der Waals surface area contributed by atoms with Crippen molar-refractivity contribution in [1.82, 2.24) is 10.2 Å². The van der Waals surface area contributed by atoms with Crippen LogP contribution in [0.25, 0.3) is 10.4 Å². The molecular weight excluding hydrogens is 232 g/mol. The SMILES string of the molecule is CC1CC(NCCCN=[N+]=[N-])(C(N)=O)CCN1C. The lowest BCUT2D eigenvalue weighted by Crippen LogP contribution is -2.62. The highest BCUT2D eigenvalue weighted by molar-refractivity contribution is 5.84. The fraction of sp³-hybridized carbons (Fsp3) is 0.909. The maximum atomic E-state index is 11.7. The van der Waals surface area contributed by atoms with Crippen molar-refractivity contribution in [2.45, 2.75) is 37.8 Å². The van der Waals surface area contributed by atoms with Gasteiger partial charge in [0.15, 0.2) is 0 Å². The fourth-order valence-electron chi connectivity index (χ4n) is 2.34. The van der Waals surface area contributed by atoms with Crippen LogP contribution < -0.4 is 11.1 Å². The molecule has 102 valence electrons. The maximum absolute atomic E-state index is 11.7. The molecule has 0 aromatic rings. The molecule has 1 amide bonds. The van der Waals surface area contributed by atoms with Crippen LogP contribution in [0.4, 0.5) is 0 Å². The molecule has 1 aliphatic heterocycles. The number of hydrogen-bond donors (Lipinski definition) is 2. The second-order valence-electron chi connectivity index (χ2n) is 4.96. The minimum atomic E-state index is -0.609. The van der Waals surface area contributed by atoms with Gasteiger partial charge in [0, 0.05) is 24.0 Å². The Balaban J connectivity index is 2.53. The highest BCUT2D eigenvalue weighted by Gasteiger charge is 2.41. The molecule has 2 unspecified atom stereocenters. The van der Waals surface area contributed by atoms with Crippen LogP contribution in [0.1, 0.15) is 26.2 Å². The third-order valence-electron chi connectivity index (χ3n) is 3.72. The molecule has 1 heterocycles. The van der Waals surface area contributed by atoms with Crippen LogP contribution in [0, 0.1) is 0 Å². The molecule has 18 heavy (non-hydrogen) atoms. The van der Waals surface area contributed by atoms with Gasteiger partial charge in [0.25, 0.3) is 0 Å². The van der Waals surface area contributed by atoms with Crippen LogP contribution in [-0.2, 0) is 4.79 Å². The monoisotopic (exact) mass is 254 g/mol. The minimum Gasteiger partial charge on any atom is -0.368 e. The Labute approximate surface area is 107 Å². The maximum Gasteiger partial charge on any atom is 0.237 e. The molecule has 0 spiro atoms. The van der Waals surface area contributed by atoms with E-state index in [9.17, 15) is 4.79 Å². The van der Waals surface area contributed by atoms with Crippen LogP contribution in [0.3, 0.4) is 0 Å². The standard InChI is InChI=1S/C11H22N6O/c1-9-8-11(10(12)18,4-7-17(9)2)14-5-3-6-15-16-13/h9,14H,3-8H2,1-2H3,(H2,12,18). The smallest absolute Gasteiger partial charge is 0.237 e. The van der Waals surface area contributed by atoms with Crippen LogP contribution in [-0.4, -0.2) is 49.1 Å². The van der Waals surface area contributed by atoms with Crippen molar-refractivity contribution in [2.24, 2.45) is 10.8 Å². The first-order valence-electron chi connectivity index (χ1n) is 6.28. The first-order chi connectivity index (χ1) is 8.52. The number of azide groups is 1. The average Bonchev–Trinajstić information content (AvgIpc) is 2.33. The van der Waals surface area contributed by atoms with Crippen molar-refractivity contribution in [2.75, 3.05) is 26.7 Å². The lowest BCUT2D eigenvalue weighted by molar-refractivity contribution is -0.127. The molecule has 0 radical (unpaired) electrons. The average molecular weight is 254 g/mol. The highest BCUT2D eigenvalue weighted by Crippen LogP contribution is 2.25. The number of nitrogens with one attached hydrogen (secondary N) is 1. The van der Waals surface area contributed by atoms with E-state index in [0.29, 0.717) is 25.6 Å². The van der Waals surface area contributed by atoms with E-state index in [1.165, 1.54) is 0 Å². The molecule has 0 aromatic heterocycles. The summed E-state index contributed by atoms with van der Waals surface area (Å²) in [6, 6.07) is 0.330. The molecule has 3 N–H and O–H groups in total. The van der Waals surface area contributed by atoms with E-state index in [0.717, 1.165) is 19.4 Å². The molecule has 1 aliphatic rings. The number of carbonyl (C=O) groups excluding carboxylic acids is 1. The first kappa shape index (κ1) is 14.8. The summed E-state index contributed by atoms with van der Waals surface area (Å²) in [6.07, 6.45) is 2.16. The molecule has 1 fully saturated rings. The quantitative estimate of drug-likeness (QED) is 0.314. The van der Waals surface area contributed by atoms with Crippen molar-refractivity contribution < 1.29 is 4.79 Å². The van der Waals surface area contributed by atoms with Crippen LogP contribution in [0.15, 0.2) is 5.11 Å². The molecular formula is C11H22N6O. The normalized spacial score (nSPS) is 28.7. The van der Waals surface area contributed by atoms with Gasteiger partial charge in [0.2, 0.25) is 5.91 Å². The Morgan fingerprint density at radius 2 is 2.44 bits per heavy atom. The fourth-order valence-corrected chi connectivity index (χ4v) is 2.34. The molecule has 1 saturated heterocycles. The zero-order valence-corrected chi connectivity index (χ0v) is 11.1. The van der Waals surface area contributed by atoms with Crippen molar-refractivity contribution >= 4 is 5.91 Å². The molecule has 0 saturated carbocycles.